The van der Waals surface area contributed by atoms with Crippen molar-refractivity contribution in [1.29, 1.82) is 0 Å². The third-order valence-electron chi connectivity index (χ3n) is 3.40. The Balaban J connectivity index is 2.16. The smallest absolute Gasteiger partial charge is 0.213 e. The first-order valence-corrected chi connectivity index (χ1v) is 7.75. The van der Waals surface area contributed by atoms with Gasteiger partial charge >= 0.3 is 6.18 Å². The number of rotatable bonds is 3. The molecule has 1 heterocycles. The monoisotopic (exact) mass is 371 g/mol. The summed E-state index contributed by atoms with van der Waals surface area (Å²) in [5, 5.41) is 8.48. The molecule has 0 aliphatic carbocycles. The van der Waals surface area contributed by atoms with Crippen molar-refractivity contribution in [3.05, 3.63) is 64.8 Å². The lowest BCUT2D eigenvalue weighted by molar-refractivity contribution is -0.137. The molecule has 124 valence electrons. The van der Waals surface area contributed by atoms with Crippen LogP contribution in [0.2, 0.25) is 5.02 Å². The van der Waals surface area contributed by atoms with Crippen LogP contribution in [0.5, 0.6) is 0 Å². The molecular weight excluding hydrogens is 362 g/mol. The summed E-state index contributed by atoms with van der Waals surface area (Å²) >= 11 is 11.8. The van der Waals surface area contributed by atoms with Crippen LogP contribution in [0.25, 0.3) is 16.9 Å². The second-order valence-electron chi connectivity index (χ2n) is 4.99. The van der Waals surface area contributed by atoms with E-state index in [0.29, 0.717) is 22.0 Å². The Morgan fingerprint density at radius 1 is 1.04 bits per heavy atom. The van der Waals surface area contributed by atoms with Crippen molar-refractivity contribution < 1.29 is 13.2 Å². The van der Waals surface area contributed by atoms with Crippen molar-refractivity contribution in [2.45, 2.75) is 12.1 Å². The van der Waals surface area contributed by atoms with Gasteiger partial charge in [0.15, 0.2) is 0 Å². The fraction of sp³-hybridized carbons (Fsp3) is 0.125. The topological polar surface area (TPSA) is 30.7 Å². The van der Waals surface area contributed by atoms with Gasteiger partial charge in [-0.15, -0.1) is 16.7 Å². The highest BCUT2D eigenvalue weighted by Crippen LogP contribution is 2.32. The van der Waals surface area contributed by atoms with E-state index < -0.39 is 11.7 Å². The number of aromatic nitrogens is 3. The minimum absolute atomic E-state index is 0.0803. The van der Waals surface area contributed by atoms with Crippen molar-refractivity contribution in [3.8, 4) is 16.9 Å². The van der Waals surface area contributed by atoms with Crippen LogP contribution >= 0.6 is 23.2 Å². The second-order valence-corrected chi connectivity index (χ2v) is 5.69. The Hall–Kier alpha value is -2.05. The Kier molecular flexibility index (Phi) is 4.51. The molecule has 3 rings (SSSR count). The van der Waals surface area contributed by atoms with Crippen molar-refractivity contribution in [2.75, 3.05) is 0 Å². The van der Waals surface area contributed by atoms with Gasteiger partial charge in [-0.2, -0.15) is 13.2 Å². The van der Waals surface area contributed by atoms with Gasteiger partial charge < -0.3 is 0 Å². The van der Waals surface area contributed by atoms with Gasteiger partial charge in [-0.3, -0.25) is 0 Å². The summed E-state index contributed by atoms with van der Waals surface area (Å²) in [6.07, 6.45) is -4.44. The average Bonchev–Trinajstić information content (AvgIpc) is 2.99. The summed E-state index contributed by atoms with van der Waals surface area (Å²) in [6, 6.07) is 11.7. The summed E-state index contributed by atoms with van der Waals surface area (Å²) in [6.45, 7) is 0. The van der Waals surface area contributed by atoms with E-state index in [-0.39, 0.29) is 11.6 Å². The van der Waals surface area contributed by atoms with E-state index in [1.54, 1.807) is 24.3 Å². The highest BCUT2D eigenvalue weighted by molar-refractivity contribution is 6.30. The highest BCUT2D eigenvalue weighted by Gasteiger charge is 2.31. The van der Waals surface area contributed by atoms with E-state index in [4.69, 9.17) is 23.2 Å². The molecule has 0 fully saturated rings. The molecule has 0 unspecified atom stereocenters. The quantitative estimate of drug-likeness (QED) is 0.581. The standard InChI is InChI=1S/C16H10Cl2F3N3/c17-9-14-15(10-4-6-12(18)7-5-10)24(23-22-14)13-3-1-2-11(8-13)16(19,20)21/h1-8H,9H2. The predicted octanol–water partition coefficient (Wildman–Crippen LogP) is 5.35. The fourth-order valence-electron chi connectivity index (χ4n) is 2.29. The third-order valence-corrected chi connectivity index (χ3v) is 3.91. The zero-order valence-electron chi connectivity index (χ0n) is 12.1. The van der Waals surface area contributed by atoms with E-state index >= 15 is 0 Å². The molecule has 0 amide bonds. The molecule has 0 atom stereocenters. The maximum Gasteiger partial charge on any atom is 0.416 e. The lowest BCUT2D eigenvalue weighted by Gasteiger charge is -2.11. The van der Waals surface area contributed by atoms with Gasteiger partial charge in [0.25, 0.3) is 0 Å². The number of halogens is 5. The van der Waals surface area contributed by atoms with Gasteiger partial charge in [0, 0.05) is 10.6 Å². The Bertz CT molecular complexity index is 858. The molecule has 0 N–H and O–H groups in total. The van der Waals surface area contributed by atoms with Gasteiger partial charge in [-0.05, 0) is 30.3 Å². The van der Waals surface area contributed by atoms with Crippen LogP contribution in [-0.2, 0) is 12.1 Å². The van der Waals surface area contributed by atoms with Gasteiger partial charge in [0.2, 0.25) is 0 Å². The van der Waals surface area contributed by atoms with Crippen molar-refractivity contribution >= 4 is 23.2 Å². The average molecular weight is 372 g/mol. The van der Waals surface area contributed by atoms with Crippen molar-refractivity contribution in [2.24, 2.45) is 0 Å². The molecule has 0 aliphatic rings. The van der Waals surface area contributed by atoms with E-state index in [2.05, 4.69) is 10.3 Å². The van der Waals surface area contributed by atoms with Crippen LogP contribution in [0.3, 0.4) is 0 Å². The van der Waals surface area contributed by atoms with Crippen LogP contribution < -0.4 is 0 Å². The molecule has 0 saturated carbocycles. The van der Waals surface area contributed by atoms with Crippen LogP contribution in [0, 0.1) is 0 Å². The van der Waals surface area contributed by atoms with E-state index in [0.717, 1.165) is 12.1 Å². The Morgan fingerprint density at radius 2 is 1.75 bits per heavy atom. The lowest BCUT2D eigenvalue weighted by Crippen LogP contribution is -2.07. The maximum atomic E-state index is 12.9. The lowest BCUT2D eigenvalue weighted by atomic mass is 10.1. The predicted molar refractivity (Wildman–Crippen MR) is 86.4 cm³/mol. The zero-order valence-corrected chi connectivity index (χ0v) is 13.6. The van der Waals surface area contributed by atoms with Gasteiger partial charge in [-0.25, -0.2) is 4.68 Å². The largest absolute Gasteiger partial charge is 0.416 e. The fourth-order valence-corrected chi connectivity index (χ4v) is 2.60. The molecule has 0 spiro atoms. The van der Waals surface area contributed by atoms with Crippen LogP contribution in [0.15, 0.2) is 48.5 Å². The molecule has 8 heteroatoms. The zero-order chi connectivity index (χ0) is 17.3. The molecule has 0 radical (unpaired) electrons. The molecule has 3 aromatic rings. The van der Waals surface area contributed by atoms with E-state index in [1.165, 1.54) is 16.8 Å². The molecule has 1 aromatic heterocycles. The van der Waals surface area contributed by atoms with Crippen LogP contribution in [0.1, 0.15) is 11.3 Å². The number of alkyl halides is 4. The second kappa shape index (κ2) is 6.45. The van der Waals surface area contributed by atoms with Gasteiger partial charge in [0.05, 0.1) is 22.8 Å². The Morgan fingerprint density at radius 3 is 2.38 bits per heavy atom. The Labute approximate surface area is 145 Å². The maximum absolute atomic E-state index is 12.9. The first kappa shape index (κ1) is 16.8. The molecule has 0 bridgehead atoms. The summed E-state index contributed by atoms with van der Waals surface area (Å²) in [4.78, 5) is 0. The third kappa shape index (κ3) is 3.25. The van der Waals surface area contributed by atoms with E-state index in [9.17, 15) is 13.2 Å². The number of benzene rings is 2. The van der Waals surface area contributed by atoms with Gasteiger partial charge in [-0.1, -0.05) is 35.0 Å². The summed E-state index contributed by atoms with van der Waals surface area (Å²) < 4.78 is 40.2. The van der Waals surface area contributed by atoms with Crippen molar-refractivity contribution in [1.82, 2.24) is 15.0 Å². The van der Waals surface area contributed by atoms with Gasteiger partial charge in [0.1, 0.15) is 5.69 Å². The highest BCUT2D eigenvalue weighted by atomic mass is 35.5. The molecule has 24 heavy (non-hydrogen) atoms. The molecule has 2 aromatic carbocycles. The van der Waals surface area contributed by atoms with Crippen LogP contribution in [0.4, 0.5) is 13.2 Å². The summed E-state index contributed by atoms with van der Waals surface area (Å²) in [7, 11) is 0. The van der Waals surface area contributed by atoms with Crippen LogP contribution in [-0.4, -0.2) is 15.0 Å². The normalized spacial score (nSPS) is 11.7. The molecule has 0 aliphatic heterocycles. The number of hydrogen-bond donors (Lipinski definition) is 0. The number of hydrogen-bond acceptors (Lipinski definition) is 2. The first-order chi connectivity index (χ1) is 11.4. The minimum atomic E-state index is -4.44. The molecular formula is C16H10Cl2F3N3. The summed E-state index contributed by atoms with van der Waals surface area (Å²) in [5.41, 5.74) is 1.19. The number of nitrogens with zero attached hydrogens (tertiary/aromatic N) is 3. The minimum Gasteiger partial charge on any atom is -0.213 e. The molecule has 3 nitrogen and oxygen atoms in total. The molecule has 0 saturated heterocycles. The first-order valence-electron chi connectivity index (χ1n) is 6.84. The van der Waals surface area contributed by atoms with Crippen molar-refractivity contribution in [3.63, 3.8) is 0 Å². The summed E-state index contributed by atoms with van der Waals surface area (Å²) in [5.74, 6) is 0.0803. The SMILES string of the molecule is FC(F)(F)c1cccc(-n2nnc(CCl)c2-c2ccc(Cl)cc2)c1. The van der Waals surface area contributed by atoms with E-state index in [1.807, 2.05) is 0 Å².